The molecule has 0 bridgehead atoms. The maximum atomic E-state index is 14.2. The van der Waals surface area contributed by atoms with Crippen LogP contribution in [0.2, 0.25) is 0 Å². The number of hydrogen-bond donors (Lipinski definition) is 14. The van der Waals surface area contributed by atoms with Crippen molar-refractivity contribution in [3.63, 3.8) is 0 Å². The van der Waals surface area contributed by atoms with E-state index in [1.807, 2.05) is 27.7 Å². The molecule has 0 radical (unpaired) electrons. The van der Waals surface area contributed by atoms with Crippen LogP contribution < -0.4 is 60.2 Å². The lowest BCUT2D eigenvalue weighted by molar-refractivity contribution is -0.143. The fraction of sp³-hybridized carbons (Fsp3) is 0.542. The number of aliphatic imine (C=N–C) groups is 1. The monoisotopic (exact) mass is 1010 g/mol. The molecule has 18 N–H and O–H groups in total. The molecule has 24 heteroatoms. The highest BCUT2D eigenvalue weighted by atomic mass is 16.4. The van der Waals surface area contributed by atoms with Gasteiger partial charge in [0.15, 0.2) is 5.96 Å². The normalized spacial score (nSPS) is 14.3. The molecule has 2 rings (SSSR count). The number of carbonyl (C=O) groups is 9. The predicted molar refractivity (Wildman–Crippen MR) is 266 cm³/mol. The third-order valence-electron chi connectivity index (χ3n) is 11.4. The molecule has 2 aromatic rings. The smallest absolute Gasteiger partial charge is 0.326 e. The minimum absolute atomic E-state index is 0.00696. The number of rotatable bonds is 33. The van der Waals surface area contributed by atoms with Crippen molar-refractivity contribution in [2.75, 3.05) is 19.6 Å². The second kappa shape index (κ2) is 31.8. The molecule has 0 saturated carbocycles. The Morgan fingerprint density at radius 2 is 1.12 bits per heavy atom. The summed E-state index contributed by atoms with van der Waals surface area (Å²) < 4.78 is 0. The first kappa shape index (κ1) is 60.8. The highest BCUT2D eigenvalue weighted by Gasteiger charge is 2.34. The number of unbranched alkanes of at least 4 members (excludes halogenated alkanes) is 1. The first-order chi connectivity index (χ1) is 34.0. The maximum absolute atomic E-state index is 14.2. The molecule has 72 heavy (non-hydrogen) atoms. The molecule has 0 saturated heterocycles. The van der Waals surface area contributed by atoms with Crippen LogP contribution in [-0.2, 0) is 56.0 Å². The lowest BCUT2D eigenvalue weighted by Crippen LogP contribution is -2.60. The summed E-state index contributed by atoms with van der Waals surface area (Å²) in [4.78, 5) is 124. The first-order valence-corrected chi connectivity index (χ1v) is 23.9. The average molecular weight is 1010 g/mol. The summed E-state index contributed by atoms with van der Waals surface area (Å²) in [6.07, 6.45) is 0.180. The van der Waals surface area contributed by atoms with Crippen LogP contribution in [0.5, 0.6) is 5.75 Å². The summed E-state index contributed by atoms with van der Waals surface area (Å²) in [7, 11) is 0. The van der Waals surface area contributed by atoms with Crippen molar-refractivity contribution in [3.05, 3.63) is 65.7 Å². The zero-order valence-corrected chi connectivity index (χ0v) is 41.4. The van der Waals surface area contributed by atoms with Gasteiger partial charge in [-0.3, -0.25) is 43.3 Å². The minimum Gasteiger partial charge on any atom is -0.508 e. The van der Waals surface area contributed by atoms with Gasteiger partial charge in [0, 0.05) is 19.4 Å². The summed E-state index contributed by atoms with van der Waals surface area (Å²) in [5.41, 5.74) is 23.6. The van der Waals surface area contributed by atoms with E-state index in [4.69, 9.17) is 22.9 Å². The number of aromatic hydroxyl groups is 1. The van der Waals surface area contributed by atoms with Crippen molar-refractivity contribution < 1.29 is 58.5 Å². The van der Waals surface area contributed by atoms with Crippen molar-refractivity contribution in [3.8, 4) is 5.75 Å². The van der Waals surface area contributed by atoms with E-state index >= 15 is 0 Å². The SMILES string of the molecule is CC[C@H](C)[C@H](N)C(=O)N[C@@H](CC(C)C)C(=O)NCC(=O)N[C@@H](Cc1ccccc1)C(=O)N[C@@H](CCCN=C(N)N)C(=O)N[C@@H](CC(=O)O)C(=O)N[C@@H](Cc1ccc(O)cc1)C(=O)N[C@@H](CCCCN)C(=O)O. The quantitative estimate of drug-likeness (QED) is 0.0217. The van der Waals surface area contributed by atoms with Crippen molar-refractivity contribution in [2.24, 2.45) is 39.8 Å². The van der Waals surface area contributed by atoms with Crippen LogP contribution in [0, 0.1) is 11.8 Å². The Morgan fingerprint density at radius 1 is 0.611 bits per heavy atom. The molecule has 0 aromatic heterocycles. The molecule has 0 aliphatic carbocycles. The molecule has 0 unspecified atom stereocenters. The number of nitrogens with zero attached hydrogens (tertiary/aromatic N) is 1. The molecular weight excluding hydrogens is 937 g/mol. The Hall–Kier alpha value is -7.34. The number of amides is 7. The van der Waals surface area contributed by atoms with Gasteiger partial charge in [-0.05, 0) is 80.2 Å². The van der Waals surface area contributed by atoms with E-state index in [0.29, 0.717) is 30.4 Å². The molecule has 24 nitrogen and oxygen atoms in total. The van der Waals surface area contributed by atoms with E-state index in [2.05, 4.69) is 42.2 Å². The van der Waals surface area contributed by atoms with E-state index in [1.54, 1.807) is 30.3 Å². The first-order valence-electron chi connectivity index (χ1n) is 23.9. The van der Waals surface area contributed by atoms with Gasteiger partial charge in [0.1, 0.15) is 42.0 Å². The van der Waals surface area contributed by atoms with Gasteiger partial charge in [0.25, 0.3) is 0 Å². The third-order valence-corrected chi connectivity index (χ3v) is 11.4. The number of carbonyl (C=O) groups excluding carboxylic acids is 7. The highest BCUT2D eigenvalue weighted by molar-refractivity contribution is 5.98. The van der Waals surface area contributed by atoms with Gasteiger partial charge in [-0.1, -0.05) is 76.6 Å². The maximum Gasteiger partial charge on any atom is 0.326 e. The number of nitrogens with two attached hydrogens (primary N) is 4. The number of benzene rings is 2. The van der Waals surface area contributed by atoms with Crippen molar-refractivity contribution in [1.82, 2.24) is 37.2 Å². The number of carboxylic acid groups (broad SMARTS) is 2. The van der Waals surface area contributed by atoms with Crippen molar-refractivity contribution >= 4 is 59.2 Å². The summed E-state index contributed by atoms with van der Waals surface area (Å²) in [6, 6.07) is 4.45. The molecule has 0 fully saturated rings. The fourth-order valence-electron chi connectivity index (χ4n) is 7.15. The third kappa shape index (κ3) is 23.1. The van der Waals surface area contributed by atoms with E-state index < -0.39 is 109 Å². The lowest BCUT2D eigenvalue weighted by Gasteiger charge is -2.27. The van der Waals surface area contributed by atoms with Crippen LogP contribution in [0.25, 0.3) is 0 Å². The van der Waals surface area contributed by atoms with E-state index in [9.17, 15) is 58.5 Å². The molecule has 8 atom stereocenters. The number of carboxylic acids is 2. The Labute approximate surface area is 419 Å². The van der Waals surface area contributed by atoms with Gasteiger partial charge in [-0.15, -0.1) is 0 Å². The Balaban J connectivity index is 2.44. The van der Waals surface area contributed by atoms with Gasteiger partial charge < -0.3 is 75.5 Å². The molecule has 7 amide bonds. The fourth-order valence-corrected chi connectivity index (χ4v) is 7.15. The number of phenolic OH excluding ortho intramolecular Hbond substituents is 1. The largest absolute Gasteiger partial charge is 0.508 e. The van der Waals surface area contributed by atoms with Crippen LogP contribution in [0.4, 0.5) is 0 Å². The molecule has 0 heterocycles. The average Bonchev–Trinajstić information content (AvgIpc) is 3.32. The van der Waals surface area contributed by atoms with Crippen molar-refractivity contribution in [1.29, 1.82) is 0 Å². The van der Waals surface area contributed by atoms with Crippen LogP contribution >= 0.6 is 0 Å². The molecule has 0 aliphatic rings. The number of nitrogens with one attached hydrogen (secondary N) is 7. The number of phenols is 1. The second-order valence-corrected chi connectivity index (χ2v) is 17.9. The van der Waals surface area contributed by atoms with Gasteiger partial charge in [-0.2, -0.15) is 0 Å². The molecule has 2 aromatic carbocycles. The van der Waals surface area contributed by atoms with Crippen LogP contribution in [0.1, 0.15) is 90.2 Å². The number of hydrogen-bond acceptors (Lipinski definition) is 13. The predicted octanol–water partition coefficient (Wildman–Crippen LogP) is -1.64. The van der Waals surface area contributed by atoms with Gasteiger partial charge in [0.2, 0.25) is 41.4 Å². The number of aliphatic carboxylic acids is 2. The summed E-state index contributed by atoms with van der Waals surface area (Å²) in [5, 5.41) is 47.0. The highest BCUT2D eigenvalue weighted by Crippen LogP contribution is 2.14. The Kier molecular flexibility index (Phi) is 26.8. The second-order valence-electron chi connectivity index (χ2n) is 17.9. The van der Waals surface area contributed by atoms with Crippen LogP contribution in [-0.4, -0.2) is 136 Å². The van der Waals surface area contributed by atoms with E-state index in [1.165, 1.54) is 24.3 Å². The molecular formula is C48H74N12O12. The van der Waals surface area contributed by atoms with Gasteiger partial charge in [-0.25, -0.2) is 4.79 Å². The van der Waals surface area contributed by atoms with Gasteiger partial charge in [0.05, 0.1) is 19.0 Å². The molecule has 0 spiro atoms. The summed E-state index contributed by atoms with van der Waals surface area (Å²) in [6.45, 7) is 7.02. The van der Waals surface area contributed by atoms with Gasteiger partial charge >= 0.3 is 11.9 Å². The summed E-state index contributed by atoms with van der Waals surface area (Å²) in [5.74, 6) is -9.53. The Bertz CT molecular complexity index is 2140. The topological polar surface area (TPSA) is 415 Å². The van der Waals surface area contributed by atoms with E-state index in [-0.39, 0.29) is 75.2 Å². The van der Waals surface area contributed by atoms with Crippen molar-refractivity contribution in [2.45, 2.75) is 134 Å². The zero-order chi connectivity index (χ0) is 53.9. The zero-order valence-electron chi connectivity index (χ0n) is 41.4. The minimum atomic E-state index is -1.87. The molecule has 0 aliphatic heterocycles. The number of guanidine groups is 1. The Morgan fingerprint density at radius 3 is 1.68 bits per heavy atom. The van der Waals surface area contributed by atoms with Crippen LogP contribution in [0.15, 0.2) is 59.6 Å². The lowest BCUT2D eigenvalue weighted by atomic mass is 9.97. The standard InChI is InChI=1S/C48H74N12O12/c1-5-28(4)40(50)46(70)60-34(22-27(2)3)41(65)54-26-38(62)55-35(23-29-12-7-6-8-13-29)43(67)56-32(15-11-21-53-48(51)52)42(66)59-37(25-39(63)64)45(69)58-36(24-30-16-18-31(61)19-17-30)44(68)57-33(47(71)72)14-9-10-20-49/h6-8,12-13,16-19,27-28,32-37,40,61H,5,9-11,14-15,20-26,49-50H2,1-4H3,(H,54,65)(H,55,62)(H,56,67)(H,57,68)(H,58,69)(H,59,66)(H,60,70)(H,63,64)(H,71,72)(H4,51,52,53)/t28-,32-,33-,34-,35-,36-,37-,40-/m0/s1. The van der Waals surface area contributed by atoms with E-state index in [0.717, 1.165) is 0 Å². The van der Waals surface area contributed by atoms with Crippen LogP contribution in [0.3, 0.4) is 0 Å². The molecule has 398 valence electrons. The summed E-state index contributed by atoms with van der Waals surface area (Å²) >= 11 is 0.